The second-order valence-electron chi connectivity index (χ2n) is 9.13. The van der Waals surface area contributed by atoms with E-state index in [0.717, 1.165) is 41.9 Å². The van der Waals surface area contributed by atoms with Crippen LogP contribution in [0.1, 0.15) is 60.8 Å². The highest BCUT2D eigenvalue weighted by Gasteiger charge is 2.48. The van der Waals surface area contributed by atoms with Crippen LogP contribution in [0.25, 0.3) is 5.78 Å². The molecule has 5 rings (SSSR count). The number of hydrogen-bond donors (Lipinski definition) is 1. The lowest BCUT2D eigenvalue weighted by Gasteiger charge is -2.20. The van der Waals surface area contributed by atoms with Crippen molar-refractivity contribution in [1.29, 1.82) is 0 Å². The monoisotopic (exact) mass is 443 g/mol. The predicted octanol–water partition coefficient (Wildman–Crippen LogP) is 4.87. The molecule has 3 aromatic rings. The Hall–Kier alpha value is -3.10. The van der Waals surface area contributed by atoms with Crippen molar-refractivity contribution in [3.8, 4) is 0 Å². The van der Waals surface area contributed by atoms with E-state index in [1.165, 1.54) is 6.07 Å². The first-order valence-corrected chi connectivity index (χ1v) is 10.7. The Morgan fingerprint density at radius 2 is 2.00 bits per heavy atom. The molecular formula is C23H24F3N5O. The lowest BCUT2D eigenvalue weighted by atomic mass is 10.0. The van der Waals surface area contributed by atoms with E-state index in [-0.39, 0.29) is 11.3 Å². The SMILES string of the molecule is Cc1cnc2nc(NC(C)c3cccc(C(F)(F)F)c3)c3c(n12)CN(C(=O)C1(C)CC1)C3. The van der Waals surface area contributed by atoms with Crippen LogP contribution in [0.2, 0.25) is 0 Å². The lowest BCUT2D eigenvalue weighted by molar-refractivity contribution is -0.138. The number of alkyl halides is 3. The summed E-state index contributed by atoms with van der Waals surface area (Å²) in [5.74, 6) is 1.20. The van der Waals surface area contributed by atoms with Crippen LogP contribution in [-0.2, 0) is 24.1 Å². The first-order chi connectivity index (χ1) is 15.1. The number of fused-ring (bicyclic) bond motifs is 3. The van der Waals surface area contributed by atoms with Gasteiger partial charge in [0, 0.05) is 22.7 Å². The number of rotatable bonds is 4. The molecule has 0 bridgehead atoms. The molecule has 0 radical (unpaired) electrons. The predicted molar refractivity (Wildman–Crippen MR) is 113 cm³/mol. The fourth-order valence-corrected chi connectivity index (χ4v) is 4.35. The van der Waals surface area contributed by atoms with Gasteiger partial charge in [0.1, 0.15) is 5.82 Å². The molecule has 1 aromatic carbocycles. The molecule has 0 spiro atoms. The second-order valence-corrected chi connectivity index (χ2v) is 9.13. The van der Waals surface area contributed by atoms with Crippen LogP contribution in [-0.4, -0.2) is 25.2 Å². The van der Waals surface area contributed by atoms with E-state index < -0.39 is 17.8 Å². The zero-order valence-electron chi connectivity index (χ0n) is 18.1. The topological polar surface area (TPSA) is 62.5 Å². The smallest absolute Gasteiger partial charge is 0.363 e. The van der Waals surface area contributed by atoms with Crippen molar-refractivity contribution in [2.45, 2.75) is 58.9 Å². The third-order valence-electron chi connectivity index (χ3n) is 6.60. The zero-order valence-corrected chi connectivity index (χ0v) is 18.1. The standard InChI is InChI=1S/C23H24F3N5O/c1-13-10-27-21-29-19(28-14(2)15-5-4-6-16(9-15)23(24,25)26)17-11-30(12-18(17)31(13)21)20(32)22(3)7-8-22/h4-6,9-10,14H,7-8,11-12H2,1-3H3,(H,27,28,29). The van der Waals surface area contributed by atoms with Crippen molar-refractivity contribution < 1.29 is 18.0 Å². The normalized spacial score (nSPS) is 18.0. The number of amides is 1. The van der Waals surface area contributed by atoms with Gasteiger partial charge in [-0.25, -0.2) is 4.98 Å². The van der Waals surface area contributed by atoms with Gasteiger partial charge in [-0.2, -0.15) is 18.2 Å². The van der Waals surface area contributed by atoms with Crippen LogP contribution in [0.5, 0.6) is 0 Å². The van der Waals surface area contributed by atoms with E-state index in [1.54, 1.807) is 19.2 Å². The Morgan fingerprint density at radius 1 is 1.25 bits per heavy atom. The van der Waals surface area contributed by atoms with E-state index in [4.69, 9.17) is 0 Å². The molecule has 2 aromatic heterocycles. The van der Waals surface area contributed by atoms with Crippen molar-refractivity contribution in [1.82, 2.24) is 19.3 Å². The van der Waals surface area contributed by atoms with Crippen molar-refractivity contribution in [2.75, 3.05) is 5.32 Å². The van der Waals surface area contributed by atoms with Crippen LogP contribution in [0.4, 0.5) is 19.0 Å². The fourth-order valence-electron chi connectivity index (χ4n) is 4.35. The molecule has 32 heavy (non-hydrogen) atoms. The molecule has 1 fully saturated rings. The molecule has 1 atom stereocenters. The van der Waals surface area contributed by atoms with Gasteiger partial charge >= 0.3 is 6.18 Å². The number of hydrogen-bond acceptors (Lipinski definition) is 4. The second kappa shape index (κ2) is 6.95. The lowest BCUT2D eigenvalue weighted by Crippen LogP contribution is -2.31. The largest absolute Gasteiger partial charge is 0.416 e. The van der Waals surface area contributed by atoms with Crippen LogP contribution in [0, 0.1) is 12.3 Å². The van der Waals surface area contributed by atoms with E-state index in [2.05, 4.69) is 15.3 Å². The van der Waals surface area contributed by atoms with Gasteiger partial charge in [0.05, 0.1) is 30.5 Å². The number of carbonyl (C=O) groups excluding carboxylic acids is 1. The minimum atomic E-state index is -4.40. The maximum absolute atomic E-state index is 13.2. The molecule has 6 nitrogen and oxygen atoms in total. The first kappa shape index (κ1) is 20.8. The summed E-state index contributed by atoms with van der Waals surface area (Å²) in [4.78, 5) is 23.9. The van der Waals surface area contributed by atoms with E-state index >= 15 is 0 Å². The summed E-state index contributed by atoms with van der Waals surface area (Å²) in [5, 5.41) is 3.28. The molecule has 1 N–H and O–H groups in total. The van der Waals surface area contributed by atoms with Crippen LogP contribution >= 0.6 is 0 Å². The van der Waals surface area contributed by atoms with Crippen LogP contribution in [0.3, 0.4) is 0 Å². The molecule has 0 saturated heterocycles. The third kappa shape index (κ3) is 3.40. The quantitative estimate of drug-likeness (QED) is 0.625. The molecule has 2 aliphatic rings. The third-order valence-corrected chi connectivity index (χ3v) is 6.60. The molecule has 1 aliphatic heterocycles. The minimum absolute atomic E-state index is 0.136. The number of imidazole rings is 1. The summed E-state index contributed by atoms with van der Waals surface area (Å²) in [5.41, 5.74) is 2.30. The van der Waals surface area contributed by atoms with Gasteiger partial charge in [0.25, 0.3) is 0 Å². The van der Waals surface area contributed by atoms with Gasteiger partial charge in [-0.3, -0.25) is 9.20 Å². The molecule has 1 aliphatic carbocycles. The van der Waals surface area contributed by atoms with Gasteiger partial charge in [-0.15, -0.1) is 0 Å². The first-order valence-electron chi connectivity index (χ1n) is 10.7. The highest BCUT2D eigenvalue weighted by molar-refractivity contribution is 5.85. The van der Waals surface area contributed by atoms with E-state index in [0.29, 0.717) is 30.2 Å². The van der Waals surface area contributed by atoms with Gasteiger partial charge in [0.2, 0.25) is 11.7 Å². The van der Waals surface area contributed by atoms with Crippen molar-refractivity contribution in [3.63, 3.8) is 0 Å². The highest BCUT2D eigenvalue weighted by Crippen LogP contribution is 2.48. The van der Waals surface area contributed by atoms with Crippen molar-refractivity contribution in [2.24, 2.45) is 5.41 Å². The van der Waals surface area contributed by atoms with Crippen LogP contribution < -0.4 is 5.32 Å². The summed E-state index contributed by atoms with van der Waals surface area (Å²) in [6.45, 7) is 6.61. The average Bonchev–Trinajstić information content (AvgIpc) is 3.18. The maximum Gasteiger partial charge on any atom is 0.416 e. The number of benzene rings is 1. The number of anilines is 1. The van der Waals surface area contributed by atoms with Gasteiger partial charge < -0.3 is 10.2 Å². The summed E-state index contributed by atoms with van der Waals surface area (Å²) in [6, 6.07) is 4.87. The van der Waals surface area contributed by atoms with Crippen LogP contribution in [0.15, 0.2) is 30.5 Å². The Bertz CT molecular complexity index is 1230. The molecule has 1 unspecified atom stereocenters. The molecule has 168 valence electrons. The summed E-state index contributed by atoms with van der Waals surface area (Å²) in [7, 11) is 0. The van der Waals surface area contributed by atoms with Crippen molar-refractivity contribution in [3.05, 3.63) is 58.5 Å². The molecule has 1 amide bonds. The van der Waals surface area contributed by atoms with Gasteiger partial charge in [0.15, 0.2) is 0 Å². The van der Waals surface area contributed by atoms with Crippen molar-refractivity contribution >= 4 is 17.5 Å². The van der Waals surface area contributed by atoms with Gasteiger partial charge in [-0.1, -0.05) is 19.1 Å². The maximum atomic E-state index is 13.2. The number of halogens is 3. The number of carbonyl (C=O) groups is 1. The van der Waals surface area contributed by atoms with E-state index in [1.807, 2.05) is 23.1 Å². The number of aromatic nitrogens is 3. The zero-order chi connectivity index (χ0) is 22.8. The summed E-state index contributed by atoms with van der Waals surface area (Å²) < 4.78 is 41.4. The average molecular weight is 443 g/mol. The Balaban J connectivity index is 1.50. The fraction of sp³-hybridized carbons (Fsp3) is 0.435. The summed E-state index contributed by atoms with van der Waals surface area (Å²) in [6.07, 6.45) is -0.876. The minimum Gasteiger partial charge on any atom is -0.363 e. The summed E-state index contributed by atoms with van der Waals surface area (Å²) >= 11 is 0. The molecule has 9 heteroatoms. The number of nitrogens with one attached hydrogen (secondary N) is 1. The van der Waals surface area contributed by atoms with E-state index in [9.17, 15) is 18.0 Å². The number of nitrogens with zero attached hydrogens (tertiary/aromatic N) is 4. The Morgan fingerprint density at radius 3 is 2.69 bits per heavy atom. The van der Waals surface area contributed by atoms with Gasteiger partial charge in [-0.05, 0) is 44.4 Å². The Labute approximate surface area is 183 Å². The number of aryl methyl sites for hydroxylation is 1. The highest BCUT2D eigenvalue weighted by atomic mass is 19.4. The molecule has 1 saturated carbocycles. The Kier molecular flexibility index (Phi) is 4.51. The molecular weight excluding hydrogens is 419 g/mol. The molecule has 3 heterocycles.